The van der Waals surface area contributed by atoms with Gasteiger partial charge < -0.3 is 9.47 Å². The Morgan fingerprint density at radius 1 is 1.15 bits per heavy atom. The van der Waals surface area contributed by atoms with E-state index in [1.165, 1.54) is 23.9 Å². The van der Waals surface area contributed by atoms with E-state index < -0.39 is 26.7 Å². The number of thioether (sulfide) groups is 1. The van der Waals surface area contributed by atoms with Gasteiger partial charge in [-0.2, -0.15) is 16.1 Å². The summed E-state index contributed by atoms with van der Waals surface area (Å²) in [5.41, 5.74) is 2.68. The molecule has 1 aliphatic heterocycles. The van der Waals surface area contributed by atoms with Crippen molar-refractivity contribution in [1.82, 2.24) is 9.79 Å². The molecule has 3 rings (SSSR count). The molecule has 0 spiro atoms. The fourth-order valence-corrected chi connectivity index (χ4v) is 6.69. The Hall–Kier alpha value is -2.55. The van der Waals surface area contributed by atoms with Crippen molar-refractivity contribution in [2.45, 2.75) is 36.1 Å². The van der Waals surface area contributed by atoms with Gasteiger partial charge in [0.05, 0.1) is 11.5 Å². The molecule has 2 aromatic rings. The first kappa shape index (κ1) is 26.1. The molecule has 10 heteroatoms. The van der Waals surface area contributed by atoms with E-state index in [9.17, 15) is 13.2 Å². The summed E-state index contributed by atoms with van der Waals surface area (Å²) in [6.07, 6.45) is 0. The van der Waals surface area contributed by atoms with E-state index in [1.54, 1.807) is 31.5 Å². The molecule has 2 aromatic carbocycles. The van der Waals surface area contributed by atoms with Crippen LogP contribution in [0.5, 0.6) is 5.75 Å². The number of sulfonamides is 1. The number of carbonyl (C=O) groups excluding carboxylic acids is 1. The summed E-state index contributed by atoms with van der Waals surface area (Å²) in [4.78, 5) is 12.3. The highest BCUT2D eigenvalue weighted by Crippen LogP contribution is 2.38. The number of amides is 1. The lowest BCUT2D eigenvalue weighted by Crippen LogP contribution is -2.61. The van der Waals surface area contributed by atoms with Crippen LogP contribution in [0, 0.1) is 11.8 Å². The predicted octanol–water partition coefficient (Wildman–Crippen LogP) is 2.68. The van der Waals surface area contributed by atoms with Crippen LogP contribution < -0.4 is 10.2 Å². The Morgan fingerprint density at radius 2 is 1.82 bits per heavy atom. The maximum atomic E-state index is 13.3. The van der Waals surface area contributed by atoms with Gasteiger partial charge in [0, 0.05) is 17.0 Å². The Morgan fingerprint density at radius 3 is 2.50 bits per heavy atom. The summed E-state index contributed by atoms with van der Waals surface area (Å²) >= 11 is 1.48. The van der Waals surface area contributed by atoms with E-state index >= 15 is 0 Å². The molecular weight excluding hydrogens is 476 g/mol. The molecule has 1 heterocycles. The van der Waals surface area contributed by atoms with Crippen LogP contribution in [0.15, 0.2) is 59.5 Å². The molecule has 1 atom stereocenters. The molecule has 1 amide bonds. The molecular formula is C24H28N2O6S2. The van der Waals surface area contributed by atoms with Crippen LogP contribution in [-0.2, 0) is 26.2 Å². The number of hydrogen-bond acceptors (Lipinski definition) is 7. The molecule has 0 radical (unpaired) electrons. The SMILES string of the molecule is CC1(C)SCCN(S(=O)(=O)c2ccc(OCC#CCOCc3ccccc3)cc2)C1C(=O)NO. The van der Waals surface area contributed by atoms with Gasteiger partial charge in [0.2, 0.25) is 10.0 Å². The summed E-state index contributed by atoms with van der Waals surface area (Å²) < 4.78 is 38.0. The van der Waals surface area contributed by atoms with E-state index in [0.717, 1.165) is 9.87 Å². The minimum Gasteiger partial charge on any atom is -0.481 e. The zero-order chi connectivity index (χ0) is 24.6. The van der Waals surface area contributed by atoms with Crippen molar-refractivity contribution in [3.8, 4) is 17.6 Å². The quantitative estimate of drug-likeness (QED) is 0.246. The molecule has 0 aliphatic carbocycles. The predicted molar refractivity (Wildman–Crippen MR) is 130 cm³/mol. The van der Waals surface area contributed by atoms with Crippen molar-refractivity contribution in [2.75, 3.05) is 25.5 Å². The number of ether oxygens (including phenoxy) is 2. The van der Waals surface area contributed by atoms with Gasteiger partial charge in [0.25, 0.3) is 5.91 Å². The van der Waals surface area contributed by atoms with Gasteiger partial charge in [-0.15, -0.1) is 0 Å². The normalized spacial score (nSPS) is 17.9. The molecule has 1 fully saturated rings. The van der Waals surface area contributed by atoms with Crippen molar-refractivity contribution in [1.29, 1.82) is 0 Å². The number of nitrogens with zero attached hydrogens (tertiary/aromatic N) is 1. The van der Waals surface area contributed by atoms with Crippen molar-refractivity contribution in [3.63, 3.8) is 0 Å². The largest absolute Gasteiger partial charge is 0.481 e. The van der Waals surface area contributed by atoms with Gasteiger partial charge in [-0.1, -0.05) is 42.2 Å². The molecule has 1 saturated heterocycles. The summed E-state index contributed by atoms with van der Waals surface area (Å²) in [5.74, 6) is 5.98. The molecule has 182 valence electrons. The smallest absolute Gasteiger partial charge is 0.263 e. The van der Waals surface area contributed by atoms with Crippen LogP contribution in [0.25, 0.3) is 0 Å². The van der Waals surface area contributed by atoms with E-state index in [2.05, 4.69) is 11.8 Å². The van der Waals surface area contributed by atoms with Crippen molar-refractivity contribution in [2.24, 2.45) is 0 Å². The molecule has 34 heavy (non-hydrogen) atoms. The Kier molecular flexibility index (Phi) is 8.99. The van der Waals surface area contributed by atoms with E-state index in [1.807, 2.05) is 30.3 Å². The van der Waals surface area contributed by atoms with Crippen LogP contribution in [0.4, 0.5) is 0 Å². The number of hydrogen-bond donors (Lipinski definition) is 2. The third-order valence-corrected chi connectivity index (χ3v) is 8.48. The summed E-state index contributed by atoms with van der Waals surface area (Å²) in [7, 11) is -3.96. The second kappa shape index (κ2) is 11.7. The minimum absolute atomic E-state index is 0.0404. The first-order valence-corrected chi connectivity index (χ1v) is 13.1. The van der Waals surface area contributed by atoms with Gasteiger partial charge in [-0.05, 0) is 43.7 Å². The highest BCUT2D eigenvalue weighted by molar-refractivity contribution is 8.00. The van der Waals surface area contributed by atoms with E-state index in [-0.39, 0.29) is 24.7 Å². The van der Waals surface area contributed by atoms with Gasteiger partial charge >= 0.3 is 0 Å². The lowest BCUT2D eigenvalue weighted by atomic mass is 10.0. The number of nitrogens with one attached hydrogen (secondary N) is 1. The fourth-order valence-electron chi connectivity index (χ4n) is 3.58. The summed E-state index contributed by atoms with van der Waals surface area (Å²) in [6, 6.07) is 14.7. The summed E-state index contributed by atoms with van der Waals surface area (Å²) in [6.45, 7) is 4.63. The van der Waals surface area contributed by atoms with Crippen molar-refractivity contribution >= 4 is 27.7 Å². The van der Waals surface area contributed by atoms with E-state index in [4.69, 9.17) is 14.7 Å². The van der Waals surface area contributed by atoms with Crippen molar-refractivity contribution < 1.29 is 27.9 Å². The lowest BCUT2D eigenvalue weighted by Gasteiger charge is -2.43. The second-order valence-electron chi connectivity index (χ2n) is 8.04. The topological polar surface area (TPSA) is 105 Å². The molecule has 1 aliphatic rings. The third-order valence-electron chi connectivity index (χ3n) is 5.24. The molecule has 0 aromatic heterocycles. The first-order valence-electron chi connectivity index (χ1n) is 10.7. The number of rotatable bonds is 8. The van der Waals surface area contributed by atoms with Gasteiger partial charge in [-0.25, -0.2) is 13.9 Å². The zero-order valence-electron chi connectivity index (χ0n) is 19.1. The average molecular weight is 505 g/mol. The minimum atomic E-state index is -3.96. The zero-order valence-corrected chi connectivity index (χ0v) is 20.7. The molecule has 0 bridgehead atoms. The van der Waals surface area contributed by atoms with Gasteiger partial charge in [-0.3, -0.25) is 10.0 Å². The highest BCUT2D eigenvalue weighted by Gasteiger charge is 2.48. The lowest BCUT2D eigenvalue weighted by molar-refractivity contribution is -0.134. The molecule has 0 saturated carbocycles. The number of hydroxylamine groups is 1. The maximum Gasteiger partial charge on any atom is 0.263 e. The number of benzene rings is 2. The number of carbonyl (C=O) groups is 1. The van der Waals surface area contributed by atoms with Crippen LogP contribution in [0.3, 0.4) is 0 Å². The molecule has 2 N–H and O–H groups in total. The van der Waals surface area contributed by atoms with Crippen LogP contribution >= 0.6 is 11.8 Å². The highest BCUT2D eigenvalue weighted by atomic mass is 32.2. The monoisotopic (exact) mass is 504 g/mol. The van der Waals surface area contributed by atoms with Crippen LogP contribution in [-0.4, -0.2) is 60.1 Å². The molecule has 8 nitrogen and oxygen atoms in total. The summed E-state index contributed by atoms with van der Waals surface area (Å²) in [5, 5.41) is 9.15. The second-order valence-corrected chi connectivity index (χ2v) is 11.7. The van der Waals surface area contributed by atoms with Crippen LogP contribution in [0.2, 0.25) is 0 Å². The molecule has 1 unspecified atom stereocenters. The maximum absolute atomic E-state index is 13.3. The standard InChI is InChI=1S/C24H28N2O6S2/c1-24(2)22(23(27)25-28)26(14-17-33-24)34(29,30)21-12-10-20(11-13-21)32-16-7-6-15-31-18-19-8-4-3-5-9-19/h3-5,8-13,22,28H,14-18H2,1-2H3,(H,25,27). The first-order chi connectivity index (χ1) is 16.3. The fraction of sp³-hybridized carbons (Fsp3) is 0.375. The van der Waals surface area contributed by atoms with Gasteiger partial charge in [0.15, 0.2) is 0 Å². The Bertz CT molecular complexity index is 1130. The Balaban J connectivity index is 1.56. The van der Waals surface area contributed by atoms with Crippen LogP contribution in [0.1, 0.15) is 19.4 Å². The average Bonchev–Trinajstić information content (AvgIpc) is 2.83. The van der Waals surface area contributed by atoms with E-state index in [0.29, 0.717) is 18.1 Å². The van der Waals surface area contributed by atoms with Gasteiger partial charge in [0.1, 0.15) is 25.0 Å². The Labute approximate surface area is 204 Å². The van der Waals surface area contributed by atoms with Crippen molar-refractivity contribution in [3.05, 3.63) is 60.2 Å². The third kappa shape index (κ3) is 6.52.